The number of hydrogen-bond acceptors (Lipinski definition) is 2. The van der Waals surface area contributed by atoms with Crippen molar-refractivity contribution in [3.63, 3.8) is 0 Å². The molecule has 1 amide bonds. The van der Waals surface area contributed by atoms with Crippen molar-refractivity contribution in [2.24, 2.45) is 11.1 Å². The van der Waals surface area contributed by atoms with E-state index in [1.165, 1.54) is 12.8 Å². The maximum Gasteiger partial charge on any atom is 0.228 e. The molecule has 0 saturated heterocycles. The first-order chi connectivity index (χ1) is 7.52. The highest BCUT2D eigenvalue weighted by atomic mass is 32.1. The first kappa shape index (κ1) is 13.4. The lowest BCUT2D eigenvalue weighted by Gasteiger charge is -2.31. The number of carbonyl (C=O) groups is 1. The van der Waals surface area contributed by atoms with E-state index in [1.54, 1.807) is 4.90 Å². The van der Waals surface area contributed by atoms with Gasteiger partial charge in [0.15, 0.2) is 0 Å². The Labute approximate surface area is 103 Å². The molecule has 0 aromatic rings. The van der Waals surface area contributed by atoms with Gasteiger partial charge in [-0.3, -0.25) is 4.79 Å². The van der Waals surface area contributed by atoms with Gasteiger partial charge in [0.05, 0.1) is 4.99 Å². The Bertz CT molecular complexity index is 272. The van der Waals surface area contributed by atoms with Gasteiger partial charge in [-0.05, 0) is 19.3 Å². The van der Waals surface area contributed by atoms with Crippen molar-refractivity contribution < 1.29 is 4.79 Å². The summed E-state index contributed by atoms with van der Waals surface area (Å²) in [6.45, 7) is 2.76. The zero-order chi connectivity index (χ0) is 12.2. The number of thiocarbonyl (C=S) groups is 1. The van der Waals surface area contributed by atoms with Gasteiger partial charge in [0.25, 0.3) is 0 Å². The van der Waals surface area contributed by atoms with E-state index in [-0.39, 0.29) is 11.3 Å². The summed E-state index contributed by atoms with van der Waals surface area (Å²) in [6, 6.07) is 0. The highest BCUT2D eigenvalue weighted by molar-refractivity contribution is 7.80. The third kappa shape index (κ3) is 2.94. The number of carbonyl (C=O) groups excluding carboxylic acids is 1. The van der Waals surface area contributed by atoms with Crippen LogP contribution in [0.15, 0.2) is 0 Å². The van der Waals surface area contributed by atoms with Crippen LogP contribution in [0.3, 0.4) is 0 Å². The van der Waals surface area contributed by atoms with Crippen molar-refractivity contribution in [3.8, 4) is 0 Å². The minimum Gasteiger partial charge on any atom is -0.393 e. The number of amides is 1. The van der Waals surface area contributed by atoms with Crippen LogP contribution in [0.5, 0.6) is 0 Å². The average Bonchev–Trinajstić information content (AvgIpc) is 2.74. The Balaban J connectivity index is 2.57. The molecule has 0 unspecified atom stereocenters. The second-order valence-corrected chi connectivity index (χ2v) is 5.31. The lowest BCUT2D eigenvalue weighted by Crippen LogP contribution is -2.41. The molecule has 0 bridgehead atoms. The minimum absolute atomic E-state index is 0.0923. The fourth-order valence-electron chi connectivity index (χ4n) is 2.55. The van der Waals surface area contributed by atoms with Crippen LogP contribution < -0.4 is 5.73 Å². The molecule has 3 nitrogen and oxygen atoms in total. The zero-order valence-electron chi connectivity index (χ0n) is 10.3. The molecule has 0 radical (unpaired) electrons. The Hall–Kier alpha value is -0.640. The number of nitrogens with zero attached hydrogens (tertiary/aromatic N) is 1. The van der Waals surface area contributed by atoms with Gasteiger partial charge in [-0.1, -0.05) is 32.0 Å². The summed E-state index contributed by atoms with van der Waals surface area (Å²) < 4.78 is 0. The molecule has 16 heavy (non-hydrogen) atoms. The van der Waals surface area contributed by atoms with Gasteiger partial charge in [-0.2, -0.15) is 0 Å². The van der Waals surface area contributed by atoms with Gasteiger partial charge in [-0.25, -0.2) is 0 Å². The fourth-order valence-corrected chi connectivity index (χ4v) is 2.65. The summed E-state index contributed by atoms with van der Waals surface area (Å²) in [5.41, 5.74) is 5.36. The minimum atomic E-state index is -0.0923. The molecule has 1 fully saturated rings. The predicted octanol–water partition coefficient (Wildman–Crippen LogP) is 2.09. The Kier molecular flexibility index (Phi) is 4.71. The van der Waals surface area contributed by atoms with E-state index in [2.05, 4.69) is 6.92 Å². The molecule has 0 spiro atoms. The van der Waals surface area contributed by atoms with Gasteiger partial charge in [0.2, 0.25) is 5.91 Å². The van der Waals surface area contributed by atoms with Gasteiger partial charge < -0.3 is 10.6 Å². The zero-order valence-corrected chi connectivity index (χ0v) is 11.1. The summed E-state index contributed by atoms with van der Waals surface area (Å²) >= 11 is 4.83. The smallest absolute Gasteiger partial charge is 0.228 e. The summed E-state index contributed by atoms with van der Waals surface area (Å²) in [5, 5.41) is 0. The van der Waals surface area contributed by atoms with Crippen LogP contribution in [0, 0.1) is 5.41 Å². The average molecular weight is 242 g/mol. The second kappa shape index (κ2) is 5.62. The van der Waals surface area contributed by atoms with Crippen molar-refractivity contribution in [1.82, 2.24) is 4.90 Å². The van der Waals surface area contributed by atoms with Crippen molar-refractivity contribution in [1.29, 1.82) is 0 Å². The van der Waals surface area contributed by atoms with E-state index >= 15 is 0 Å². The fraction of sp³-hybridized carbons (Fsp3) is 0.833. The normalized spacial score (nSPS) is 18.4. The molecule has 1 aliphatic carbocycles. The van der Waals surface area contributed by atoms with Crippen LogP contribution >= 0.6 is 12.2 Å². The van der Waals surface area contributed by atoms with Crippen molar-refractivity contribution in [2.45, 2.75) is 45.4 Å². The lowest BCUT2D eigenvalue weighted by atomic mass is 9.82. The molecule has 0 heterocycles. The quantitative estimate of drug-likeness (QED) is 0.751. The molecular weight excluding hydrogens is 220 g/mol. The van der Waals surface area contributed by atoms with E-state index < -0.39 is 0 Å². The van der Waals surface area contributed by atoms with Crippen LogP contribution in [0.4, 0.5) is 0 Å². The molecule has 1 rings (SSSR count). The topological polar surface area (TPSA) is 46.3 Å². The van der Waals surface area contributed by atoms with Crippen LogP contribution in [0.25, 0.3) is 0 Å². The van der Waals surface area contributed by atoms with Crippen molar-refractivity contribution in [3.05, 3.63) is 0 Å². The number of rotatable bonds is 5. The largest absolute Gasteiger partial charge is 0.393 e. The number of hydrogen-bond donors (Lipinski definition) is 1. The highest BCUT2D eigenvalue weighted by Crippen LogP contribution is 2.42. The maximum atomic E-state index is 12.4. The van der Waals surface area contributed by atoms with Gasteiger partial charge >= 0.3 is 0 Å². The Morgan fingerprint density at radius 2 is 2.00 bits per heavy atom. The molecule has 0 aromatic heterocycles. The van der Waals surface area contributed by atoms with Crippen LogP contribution in [-0.2, 0) is 4.79 Å². The molecule has 0 atom stereocenters. The van der Waals surface area contributed by atoms with E-state index in [0.29, 0.717) is 18.0 Å². The van der Waals surface area contributed by atoms with Gasteiger partial charge in [0, 0.05) is 25.4 Å². The lowest BCUT2D eigenvalue weighted by molar-refractivity contribution is -0.140. The summed E-state index contributed by atoms with van der Waals surface area (Å²) in [4.78, 5) is 14.6. The van der Waals surface area contributed by atoms with Crippen molar-refractivity contribution in [2.75, 3.05) is 13.6 Å². The van der Waals surface area contributed by atoms with Gasteiger partial charge in [-0.15, -0.1) is 0 Å². The maximum absolute atomic E-state index is 12.4. The molecule has 1 saturated carbocycles. The monoisotopic (exact) mass is 242 g/mol. The van der Waals surface area contributed by atoms with Crippen molar-refractivity contribution >= 4 is 23.1 Å². The van der Waals surface area contributed by atoms with E-state index in [0.717, 1.165) is 19.3 Å². The molecule has 2 N–H and O–H groups in total. The molecule has 92 valence electrons. The molecule has 1 aliphatic rings. The van der Waals surface area contributed by atoms with E-state index in [1.807, 2.05) is 7.05 Å². The summed E-state index contributed by atoms with van der Waals surface area (Å²) in [7, 11) is 1.86. The summed E-state index contributed by atoms with van der Waals surface area (Å²) in [5.74, 6) is 0.281. The van der Waals surface area contributed by atoms with Gasteiger partial charge in [0.1, 0.15) is 0 Å². The molecule has 0 aromatic carbocycles. The first-order valence-corrected chi connectivity index (χ1v) is 6.46. The Morgan fingerprint density at radius 1 is 1.44 bits per heavy atom. The van der Waals surface area contributed by atoms with Crippen LogP contribution in [-0.4, -0.2) is 29.4 Å². The predicted molar refractivity (Wildman–Crippen MR) is 70.2 cm³/mol. The third-order valence-corrected chi connectivity index (χ3v) is 3.94. The Morgan fingerprint density at radius 3 is 2.44 bits per heavy atom. The van der Waals surface area contributed by atoms with E-state index in [9.17, 15) is 4.79 Å². The van der Waals surface area contributed by atoms with Crippen LogP contribution in [0.1, 0.15) is 45.4 Å². The SMILES string of the molecule is CCC1(C(=O)N(C)CCC(N)=S)CCCC1. The first-order valence-electron chi connectivity index (χ1n) is 6.06. The third-order valence-electron chi connectivity index (χ3n) is 3.73. The molecule has 0 aliphatic heterocycles. The van der Waals surface area contributed by atoms with Crippen LogP contribution in [0.2, 0.25) is 0 Å². The highest BCUT2D eigenvalue weighted by Gasteiger charge is 2.40. The second-order valence-electron chi connectivity index (χ2n) is 4.78. The molecule has 4 heteroatoms. The molecular formula is C12H22N2OS. The standard InChI is InChI=1S/C12H22N2OS/c1-3-12(7-4-5-8-12)11(15)14(2)9-6-10(13)16/h3-9H2,1-2H3,(H2,13,16). The summed E-state index contributed by atoms with van der Waals surface area (Å²) in [6.07, 6.45) is 6.02. The van der Waals surface area contributed by atoms with E-state index in [4.69, 9.17) is 18.0 Å². The number of nitrogens with two attached hydrogens (primary N) is 1.